The van der Waals surface area contributed by atoms with Crippen LogP contribution in [0.2, 0.25) is 5.02 Å². The van der Waals surface area contributed by atoms with Crippen LogP contribution in [0.5, 0.6) is 5.75 Å². The molecular formula is C21H22ClN3O4S. The summed E-state index contributed by atoms with van der Waals surface area (Å²) in [6.07, 6.45) is 1.80. The third-order valence-electron chi connectivity index (χ3n) is 4.80. The van der Waals surface area contributed by atoms with Gasteiger partial charge in [-0.05, 0) is 62.2 Å². The molecule has 7 nitrogen and oxygen atoms in total. The van der Waals surface area contributed by atoms with E-state index < -0.39 is 22.0 Å². The van der Waals surface area contributed by atoms with Crippen LogP contribution in [0.1, 0.15) is 31.7 Å². The quantitative estimate of drug-likeness (QED) is 0.726. The molecule has 0 spiro atoms. The highest BCUT2D eigenvalue weighted by molar-refractivity contribution is 7.89. The number of nitrogens with zero attached hydrogens (tertiary/aromatic N) is 2. The van der Waals surface area contributed by atoms with Crippen molar-refractivity contribution in [3.8, 4) is 11.8 Å². The number of carbonyl (C=O) groups is 1. The lowest BCUT2D eigenvalue weighted by atomic mass is 10.2. The molecule has 1 atom stereocenters. The molecule has 158 valence electrons. The highest BCUT2D eigenvalue weighted by atomic mass is 35.5. The van der Waals surface area contributed by atoms with Gasteiger partial charge in [0.05, 0.1) is 16.7 Å². The van der Waals surface area contributed by atoms with Crippen LogP contribution in [0, 0.1) is 11.3 Å². The summed E-state index contributed by atoms with van der Waals surface area (Å²) in [4.78, 5) is 12.5. The van der Waals surface area contributed by atoms with Crippen LogP contribution in [0.25, 0.3) is 0 Å². The molecule has 1 amide bonds. The number of piperidine rings is 1. The zero-order valence-electron chi connectivity index (χ0n) is 16.5. The fraction of sp³-hybridized carbons (Fsp3) is 0.333. The van der Waals surface area contributed by atoms with Crippen molar-refractivity contribution in [1.29, 1.82) is 5.26 Å². The molecule has 2 aromatic rings. The van der Waals surface area contributed by atoms with Gasteiger partial charge in [-0.25, -0.2) is 8.42 Å². The van der Waals surface area contributed by atoms with Gasteiger partial charge in [0.1, 0.15) is 10.6 Å². The molecule has 0 aliphatic carbocycles. The van der Waals surface area contributed by atoms with Crippen LogP contribution in [0.3, 0.4) is 0 Å². The van der Waals surface area contributed by atoms with E-state index in [0.29, 0.717) is 30.1 Å². The van der Waals surface area contributed by atoms with Crippen molar-refractivity contribution in [3.05, 3.63) is 53.1 Å². The summed E-state index contributed by atoms with van der Waals surface area (Å²) in [7, 11) is -3.73. The second kappa shape index (κ2) is 9.47. The number of benzene rings is 2. The summed E-state index contributed by atoms with van der Waals surface area (Å²) >= 11 is 6.16. The molecule has 1 fully saturated rings. The normalized spacial score (nSPS) is 15.8. The minimum absolute atomic E-state index is 0.0236. The molecule has 1 N–H and O–H groups in total. The van der Waals surface area contributed by atoms with Gasteiger partial charge in [-0.3, -0.25) is 4.79 Å². The first-order valence-corrected chi connectivity index (χ1v) is 11.4. The van der Waals surface area contributed by atoms with Gasteiger partial charge in [0.15, 0.2) is 6.10 Å². The average Bonchev–Trinajstić information content (AvgIpc) is 2.76. The third kappa shape index (κ3) is 5.11. The average molecular weight is 448 g/mol. The van der Waals surface area contributed by atoms with Crippen LogP contribution >= 0.6 is 11.6 Å². The summed E-state index contributed by atoms with van der Waals surface area (Å²) in [5.41, 5.74) is 0.804. The maximum Gasteiger partial charge on any atom is 0.265 e. The number of amides is 1. The number of hydrogen-bond donors (Lipinski definition) is 1. The Hall–Kier alpha value is -2.60. The summed E-state index contributed by atoms with van der Waals surface area (Å²) < 4.78 is 32.9. The third-order valence-corrected chi connectivity index (χ3v) is 7.18. The molecule has 30 heavy (non-hydrogen) atoms. The van der Waals surface area contributed by atoms with Crippen molar-refractivity contribution in [2.75, 3.05) is 18.4 Å². The van der Waals surface area contributed by atoms with Crippen LogP contribution in [0.4, 0.5) is 5.69 Å². The largest absolute Gasteiger partial charge is 0.481 e. The molecule has 1 aliphatic heterocycles. The van der Waals surface area contributed by atoms with Crippen LogP contribution in [-0.4, -0.2) is 37.8 Å². The first-order chi connectivity index (χ1) is 14.3. The highest BCUT2D eigenvalue weighted by Gasteiger charge is 2.28. The van der Waals surface area contributed by atoms with E-state index in [1.807, 2.05) is 6.07 Å². The number of nitrogens with one attached hydrogen (secondary N) is 1. The number of halogens is 1. The zero-order valence-corrected chi connectivity index (χ0v) is 18.0. The summed E-state index contributed by atoms with van der Waals surface area (Å²) in [6.45, 7) is 2.50. The summed E-state index contributed by atoms with van der Waals surface area (Å²) in [6, 6.07) is 12.8. The molecule has 1 saturated heterocycles. The minimum atomic E-state index is -3.73. The minimum Gasteiger partial charge on any atom is -0.481 e. The Bertz CT molecular complexity index is 1060. The van der Waals surface area contributed by atoms with Crippen molar-refractivity contribution >= 4 is 33.2 Å². The van der Waals surface area contributed by atoms with Gasteiger partial charge in [0.25, 0.3) is 5.91 Å². The Morgan fingerprint density at radius 3 is 2.47 bits per heavy atom. The molecule has 3 rings (SSSR count). The fourth-order valence-electron chi connectivity index (χ4n) is 3.13. The molecule has 1 unspecified atom stereocenters. The van der Waals surface area contributed by atoms with E-state index in [1.54, 1.807) is 37.3 Å². The molecule has 0 bridgehead atoms. The van der Waals surface area contributed by atoms with E-state index in [2.05, 4.69) is 5.32 Å². The van der Waals surface area contributed by atoms with Crippen LogP contribution in [-0.2, 0) is 14.8 Å². The smallest absolute Gasteiger partial charge is 0.265 e. The lowest BCUT2D eigenvalue weighted by molar-refractivity contribution is -0.122. The lowest BCUT2D eigenvalue weighted by Gasteiger charge is -2.26. The van der Waals surface area contributed by atoms with E-state index in [1.165, 1.54) is 16.4 Å². The van der Waals surface area contributed by atoms with Gasteiger partial charge < -0.3 is 10.1 Å². The van der Waals surface area contributed by atoms with Crippen LogP contribution in [0.15, 0.2) is 47.4 Å². The molecule has 0 saturated carbocycles. The van der Waals surface area contributed by atoms with Gasteiger partial charge >= 0.3 is 0 Å². The fourth-order valence-corrected chi connectivity index (χ4v) is 5.15. The predicted octanol–water partition coefficient (Wildman–Crippen LogP) is 3.79. The zero-order chi connectivity index (χ0) is 21.7. The molecule has 2 aromatic carbocycles. The van der Waals surface area contributed by atoms with E-state index >= 15 is 0 Å². The van der Waals surface area contributed by atoms with Gasteiger partial charge in [-0.1, -0.05) is 18.0 Å². The summed E-state index contributed by atoms with van der Waals surface area (Å²) in [5.74, 6) is 0.00382. The number of ether oxygens (including phenoxy) is 1. The maximum atomic E-state index is 13.0. The Balaban J connectivity index is 1.72. The molecular weight excluding hydrogens is 426 g/mol. The SMILES string of the molecule is CC(Oc1ccc(C#N)cc1)C(=O)Nc1ccc(Cl)c(S(=O)(=O)N2CCCCC2)c1. The van der Waals surface area contributed by atoms with Crippen molar-refractivity contribution in [1.82, 2.24) is 4.31 Å². The van der Waals surface area contributed by atoms with Crippen molar-refractivity contribution in [2.24, 2.45) is 0 Å². The molecule has 9 heteroatoms. The number of carbonyl (C=O) groups excluding carboxylic acids is 1. The Labute approximate surface area is 181 Å². The van der Waals surface area contributed by atoms with Crippen molar-refractivity contribution < 1.29 is 17.9 Å². The summed E-state index contributed by atoms with van der Waals surface area (Å²) in [5, 5.41) is 11.6. The monoisotopic (exact) mass is 447 g/mol. The van der Waals surface area contributed by atoms with Gasteiger partial charge in [-0.2, -0.15) is 9.57 Å². The first-order valence-electron chi connectivity index (χ1n) is 9.58. The molecule has 1 aliphatic rings. The van der Waals surface area contributed by atoms with Crippen molar-refractivity contribution in [2.45, 2.75) is 37.2 Å². The Morgan fingerprint density at radius 1 is 1.17 bits per heavy atom. The maximum absolute atomic E-state index is 13.0. The second-order valence-electron chi connectivity index (χ2n) is 7.00. The highest BCUT2D eigenvalue weighted by Crippen LogP contribution is 2.29. The second-order valence-corrected chi connectivity index (χ2v) is 9.31. The number of anilines is 1. The molecule has 1 heterocycles. The molecule has 0 aromatic heterocycles. The van der Waals surface area contributed by atoms with Gasteiger partial charge in [0.2, 0.25) is 10.0 Å². The van der Waals surface area contributed by atoms with E-state index in [9.17, 15) is 13.2 Å². The Kier molecular flexibility index (Phi) is 6.98. The number of hydrogen-bond acceptors (Lipinski definition) is 5. The van der Waals surface area contributed by atoms with E-state index in [0.717, 1.165) is 19.3 Å². The van der Waals surface area contributed by atoms with E-state index in [4.69, 9.17) is 21.6 Å². The molecule has 0 radical (unpaired) electrons. The topological polar surface area (TPSA) is 99.5 Å². The Morgan fingerprint density at radius 2 is 1.83 bits per heavy atom. The van der Waals surface area contributed by atoms with E-state index in [-0.39, 0.29) is 9.92 Å². The van der Waals surface area contributed by atoms with Crippen LogP contribution < -0.4 is 10.1 Å². The van der Waals surface area contributed by atoms with Gasteiger partial charge in [-0.15, -0.1) is 0 Å². The predicted molar refractivity (Wildman–Crippen MR) is 114 cm³/mol. The van der Waals surface area contributed by atoms with Crippen molar-refractivity contribution in [3.63, 3.8) is 0 Å². The lowest BCUT2D eigenvalue weighted by Crippen LogP contribution is -2.35. The number of rotatable bonds is 6. The first kappa shape index (κ1) is 22.1. The number of nitriles is 1. The standard InChI is InChI=1S/C21H22ClN3O4S/c1-15(29-18-8-5-16(14-23)6-9-18)21(26)24-17-7-10-19(22)20(13-17)30(27,28)25-11-3-2-4-12-25/h5-10,13,15H,2-4,11-12H2,1H3,(H,24,26). The number of sulfonamides is 1. The van der Waals surface area contributed by atoms with Gasteiger partial charge in [0, 0.05) is 18.8 Å².